The van der Waals surface area contributed by atoms with Crippen LogP contribution < -0.4 is 10.6 Å². The molecule has 0 heterocycles. The van der Waals surface area contributed by atoms with Gasteiger partial charge in [-0.2, -0.15) is 0 Å². The van der Waals surface area contributed by atoms with E-state index in [4.69, 9.17) is 0 Å². The SMILES string of the molecule is CCCCNCC.CCNC(C)C. The number of rotatable bonds is 6. The van der Waals surface area contributed by atoms with Crippen molar-refractivity contribution in [3.05, 3.63) is 0 Å². The highest BCUT2D eigenvalue weighted by Gasteiger charge is 1.82. The van der Waals surface area contributed by atoms with Crippen molar-refractivity contribution < 1.29 is 0 Å². The van der Waals surface area contributed by atoms with Crippen molar-refractivity contribution in [3.8, 4) is 0 Å². The second kappa shape index (κ2) is 14.4. The van der Waals surface area contributed by atoms with Gasteiger partial charge < -0.3 is 10.6 Å². The van der Waals surface area contributed by atoms with Gasteiger partial charge in [0.25, 0.3) is 0 Å². The third kappa shape index (κ3) is 24.5. The molecule has 13 heavy (non-hydrogen) atoms. The van der Waals surface area contributed by atoms with Crippen LogP contribution in [0.25, 0.3) is 0 Å². The van der Waals surface area contributed by atoms with Gasteiger partial charge in [-0.15, -0.1) is 0 Å². The maximum absolute atomic E-state index is 3.25. The van der Waals surface area contributed by atoms with Crippen molar-refractivity contribution in [1.29, 1.82) is 0 Å². The lowest BCUT2D eigenvalue weighted by Gasteiger charge is -2.00. The Bertz CT molecular complexity index is 68.5. The summed E-state index contributed by atoms with van der Waals surface area (Å²) in [7, 11) is 0. The summed E-state index contributed by atoms with van der Waals surface area (Å²) in [6.45, 7) is 14.1. The lowest BCUT2D eigenvalue weighted by molar-refractivity contribution is 0.613. The lowest BCUT2D eigenvalue weighted by Crippen LogP contribution is -2.21. The van der Waals surface area contributed by atoms with Crippen molar-refractivity contribution in [2.75, 3.05) is 19.6 Å². The monoisotopic (exact) mass is 188 g/mol. The molecule has 0 atom stereocenters. The zero-order chi connectivity index (χ0) is 10.5. The summed E-state index contributed by atoms with van der Waals surface area (Å²) in [4.78, 5) is 0. The third-order valence-corrected chi connectivity index (χ3v) is 1.57. The first-order valence-corrected chi connectivity index (χ1v) is 5.63. The molecule has 0 aliphatic rings. The zero-order valence-electron chi connectivity index (χ0n) is 10.1. The van der Waals surface area contributed by atoms with Gasteiger partial charge in [0.2, 0.25) is 0 Å². The highest BCUT2D eigenvalue weighted by Crippen LogP contribution is 1.80. The molecule has 0 amide bonds. The van der Waals surface area contributed by atoms with Crippen LogP contribution in [0.15, 0.2) is 0 Å². The van der Waals surface area contributed by atoms with Gasteiger partial charge in [0.1, 0.15) is 0 Å². The zero-order valence-corrected chi connectivity index (χ0v) is 10.1. The normalized spacial score (nSPS) is 9.69. The summed E-state index contributed by atoms with van der Waals surface area (Å²) in [5, 5.41) is 6.46. The van der Waals surface area contributed by atoms with E-state index in [9.17, 15) is 0 Å². The first-order valence-electron chi connectivity index (χ1n) is 5.63. The number of hydrogen-bond donors (Lipinski definition) is 2. The van der Waals surface area contributed by atoms with Crippen LogP contribution in [0.2, 0.25) is 0 Å². The Morgan fingerprint density at radius 3 is 1.85 bits per heavy atom. The quantitative estimate of drug-likeness (QED) is 0.626. The molecule has 0 spiro atoms. The molecule has 0 saturated carbocycles. The second-order valence-electron chi connectivity index (χ2n) is 3.42. The van der Waals surface area contributed by atoms with Gasteiger partial charge in [-0.25, -0.2) is 0 Å². The van der Waals surface area contributed by atoms with Crippen molar-refractivity contribution in [1.82, 2.24) is 10.6 Å². The topological polar surface area (TPSA) is 24.1 Å². The fourth-order valence-corrected chi connectivity index (χ4v) is 0.887. The van der Waals surface area contributed by atoms with E-state index in [1.165, 1.54) is 19.4 Å². The molecular weight excluding hydrogens is 160 g/mol. The first kappa shape index (κ1) is 15.4. The fraction of sp³-hybridized carbons (Fsp3) is 1.00. The molecule has 0 aliphatic heterocycles. The smallest absolute Gasteiger partial charge is 0.00102 e. The van der Waals surface area contributed by atoms with Crippen LogP contribution in [0.4, 0.5) is 0 Å². The van der Waals surface area contributed by atoms with Gasteiger partial charge in [0.15, 0.2) is 0 Å². The fourth-order valence-electron chi connectivity index (χ4n) is 0.887. The van der Waals surface area contributed by atoms with Crippen LogP contribution in [0.5, 0.6) is 0 Å². The summed E-state index contributed by atoms with van der Waals surface area (Å²) < 4.78 is 0. The van der Waals surface area contributed by atoms with E-state index >= 15 is 0 Å². The van der Waals surface area contributed by atoms with Gasteiger partial charge in [-0.3, -0.25) is 0 Å². The number of hydrogen-bond acceptors (Lipinski definition) is 2. The van der Waals surface area contributed by atoms with Gasteiger partial charge in [-0.1, -0.05) is 41.0 Å². The minimum Gasteiger partial charge on any atom is -0.317 e. The Balaban J connectivity index is 0. The van der Waals surface area contributed by atoms with Gasteiger partial charge in [0, 0.05) is 6.04 Å². The maximum atomic E-state index is 3.25. The second-order valence-corrected chi connectivity index (χ2v) is 3.42. The van der Waals surface area contributed by atoms with E-state index in [0.29, 0.717) is 6.04 Å². The molecular formula is C11H28N2. The van der Waals surface area contributed by atoms with Gasteiger partial charge in [0.05, 0.1) is 0 Å². The summed E-state index contributed by atoms with van der Waals surface area (Å²) in [5.74, 6) is 0. The van der Waals surface area contributed by atoms with Crippen LogP contribution in [0.3, 0.4) is 0 Å². The van der Waals surface area contributed by atoms with E-state index in [-0.39, 0.29) is 0 Å². The Kier molecular flexibility index (Phi) is 17.1. The molecule has 0 aromatic carbocycles. The minimum atomic E-state index is 0.648. The van der Waals surface area contributed by atoms with Crippen LogP contribution >= 0.6 is 0 Å². The molecule has 2 heteroatoms. The number of unbranched alkanes of at least 4 members (excludes halogenated alkanes) is 1. The average molecular weight is 188 g/mol. The minimum absolute atomic E-state index is 0.648. The first-order chi connectivity index (χ1) is 6.18. The number of nitrogens with one attached hydrogen (secondary N) is 2. The molecule has 2 nitrogen and oxygen atoms in total. The van der Waals surface area contributed by atoms with E-state index in [2.05, 4.69) is 45.3 Å². The molecule has 0 rings (SSSR count). The van der Waals surface area contributed by atoms with Crippen molar-refractivity contribution in [2.45, 2.75) is 53.5 Å². The largest absolute Gasteiger partial charge is 0.317 e. The molecule has 0 aliphatic carbocycles. The van der Waals surface area contributed by atoms with Crippen LogP contribution in [-0.4, -0.2) is 25.7 Å². The Morgan fingerprint density at radius 2 is 1.62 bits per heavy atom. The molecule has 2 N–H and O–H groups in total. The summed E-state index contributed by atoms with van der Waals surface area (Å²) in [6.07, 6.45) is 2.61. The van der Waals surface area contributed by atoms with Gasteiger partial charge >= 0.3 is 0 Å². The van der Waals surface area contributed by atoms with E-state index in [1.807, 2.05) is 0 Å². The molecule has 0 aromatic heterocycles. The lowest BCUT2D eigenvalue weighted by atomic mass is 10.3. The van der Waals surface area contributed by atoms with Crippen LogP contribution in [-0.2, 0) is 0 Å². The van der Waals surface area contributed by atoms with Crippen LogP contribution in [0, 0.1) is 0 Å². The molecule has 0 fully saturated rings. The molecule has 0 radical (unpaired) electrons. The average Bonchev–Trinajstić information content (AvgIpc) is 2.06. The summed E-state index contributed by atoms with van der Waals surface area (Å²) in [5.41, 5.74) is 0. The van der Waals surface area contributed by atoms with E-state index in [0.717, 1.165) is 13.1 Å². The Labute approximate surface area is 84.5 Å². The maximum Gasteiger partial charge on any atom is 0.00102 e. The Morgan fingerprint density at radius 1 is 1.00 bits per heavy atom. The molecule has 0 aromatic rings. The third-order valence-electron chi connectivity index (χ3n) is 1.57. The highest BCUT2D eigenvalue weighted by atomic mass is 14.9. The van der Waals surface area contributed by atoms with Crippen molar-refractivity contribution in [3.63, 3.8) is 0 Å². The predicted octanol–water partition coefficient (Wildman–Crippen LogP) is 2.40. The Hall–Kier alpha value is -0.0800. The predicted molar refractivity (Wildman–Crippen MR) is 62.3 cm³/mol. The summed E-state index contributed by atoms with van der Waals surface area (Å²) >= 11 is 0. The standard InChI is InChI=1S/C6H15N.C5H13N/c1-3-5-6-7-4-2;1-4-6-5(2)3/h7H,3-6H2,1-2H3;5-6H,4H2,1-3H3. The molecule has 0 bridgehead atoms. The van der Waals surface area contributed by atoms with E-state index in [1.54, 1.807) is 0 Å². The van der Waals surface area contributed by atoms with Crippen molar-refractivity contribution >= 4 is 0 Å². The van der Waals surface area contributed by atoms with Crippen LogP contribution in [0.1, 0.15) is 47.5 Å². The molecule has 0 saturated heterocycles. The van der Waals surface area contributed by atoms with Gasteiger partial charge in [-0.05, 0) is 26.1 Å². The van der Waals surface area contributed by atoms with Crippen molar-refractivity contribution in [2.24, 2.45) is 0 Å². The summed E-state index contributed by atoms with van der Waals surface area (Å²) in [6, 6.07) is 0.648. The highest BCUT2D eigenvalue weighted by molar-refractivity contribution is 4.46. The molecule has 82 valence electrons. The van der Waals surface area contributed by atoms with E-state index < -0.39 is 0 Å². The molecule has 0 unspecified atom stereocenters.